The highest BCUT2D eigenvalue weighted by Crippen LogP contribution is 2.31. The Bertz CT molecular complexity index is 1300. The molecule has 2 aliphatic rings. The predicted molar refractivity (Wildman–Crippen MR) is 164 cm³/mol. The van der Waals surface area contributed by atoms with Gasteiger partial charge in [0.1, 0.15) is 12.1 Å². The maximum Gasteiger partial charge on any atom is 0.289 e. The fourth-order valence-corrected chi connectivity index (χ4v) is 6.08. The molecule has 1 aliphatic carbocycles. The van der Waals surface area contributed by atoms with Crippen molar-refractivity contribution in [2.24, 2.45) is 5.92 Å². The van der Waals surface area contributed by atoms with Gasteiger partial charge in [-0.25, -0.2) is 0 Å². The molecule has 3 N–H and O–H groups in total. The van der Waals surface area contributed by atoms with Crippen molar-refractivity contribution < 1.29 is 24.0 Å². The third-order valence-corrected chi connectivity index (χ3v) is 8.30. The number of fused-ring (bicyclic) bond motifs is 1. The maximum absolute atomic E-state index is 14.2. The quantitative estimate of drug-likeness (QED) is 0.232. The van der Waals surface area contributed by atoms with Crippen LogP contribution in [0, 0.1) is 5.92 Å². The second kappa shape index (κ2) is 15.3. The van der Waals surface area contributed by atoms with E-state index in [9.17, 15) is 24.0 Å². The number of carbonyl (C=O) groups is 5. The Kier molecular flexibility index (Phi) is 11.2. The van der Waals surface area contributed by atoms with Crippen molar-refractivity contribution in [2.75, 3.05) is 13.1 Å². The summed E-state index contributed by atoms with van der Waals surface area (Å²) in [6.45, 7) is 5.92. The molecule has 0 aromatic heterocycles. The van der Waals surface area contributed by atoms with Crippen LogP contribution in [-0.4, -0.2) is 65.5 Å². The second-order valence-electron chi connectivity index (χ2n) is 11.4. The van der Waals surface area contributed by atoms with Gasteiger partial charge in [0, 0.05) is 19.5 Å². The van der Waals surface area contributed by atoms with Gasteiger partial charge in [-0.3, -0.25) is 24.0 Å². The normalized spacial score (nSPS) is 17.4. The van der Waals surface area contributed by atoms with Crippen molar-refractivity contribution in [3.8, 4) is 0 Å². The Balaban J connectivity index is 1.48. The van der Waals surface area contributed by atoms with Gasteiger partial charge in [-0.05, 0) is 61.1 Å². The lowest BCUT2D eigenvalue weighted by molar-refractivity contribution is -0.144. The number of nitrogens with zero attached hydrogens (tertiary/aromatic N) is 1. The summed E-state index contributed by atoms with van der Waals surface area (Å²) >= 11 is 0. The summed E-state index contributed by atoms with van der Waals surface area (Å²) < 4.78 is 0. The molecule has 228 valence electrons. The zero-order valence-electron chi connectivity index (χ0n) is 24.8. The SMILES string of the molecule is C=CCNC(=O)C(=O)C(CCC)NC(=O)[C@@H]1CCCN1C(=O)[C@@H](NC(=O)CCc1ccccc1)C1Cc2ccccc2C1. The van der Waals surface area contributed by atoms with Crippen molar-refractivity contribution in [2.45, 2.75) is 76.4 Å². The smallest absolute Gasteiger partial charge is 0.289 e. The fourth-order valence-electron chi connectivity index (χ4n) is 6.08. The molecule has 1 heterocycles. The highest BCUT2D eigenvalue weighted by Gasteiger charge is 2.42. The number of nitrogens with one attached hydrogen (secondary N) is 3. The molecule has 9 nitrogen and oxygen atoms in total. The lowest BCUT2D eigenvalue weighted by Gasteiger charge is -2.32. The third kappa shape index (κ3) is 8.18. The Hall–Kier alpha value is -4.27. The lowest BCUT2D eigenvalue weighted by Crippen LogP contribution is -2.58. The first-order valence-corrected chi connectivity index (χ1v) is 15.3. The summed E-state index contributed by atoms with van der Waals surface area (Å²) in [6, 6.07) is 15.2. The van der Waals surface area contributed by atoms with E-state index in [1.165, 1.54) is 6.08 Å². The van der Waals surface area contributed by atoms with E-state index in [0.29, 0.717) is 51.5 Å². The van der Waals surface area contributed by atoms with Crippen LogP contribution in [-0.2, 0) is 43.2 Å². The molecule has 43 heavy (non-hydrogen) atoms. The lowest BCUT2D eigenvalue weighted by atomic mass is 9.94. The van der Waals surface area contributed by atoms with Crippen LogP contribution in [0.5, 0.6) is 0 Å². The number of ketones is 1. The average Bonchev–Trinajstić information content (AvgIpc) is 3.69. The van der Waals surface area contributed by atoms with Crippen LogP contribution in [0.4, 0.5) is 0 Å². The number of rotatable bonds is 14. The number of Topliss-reactive ketones (excluding diaryl/α,β-unsaturated/α-hetero) is 1. The van der Waals surface area contributed by atoms with Crippen LogP contribution in [0.15, 0.2) is 67.3 Å². The summed E-state index contributed by atoms with van der Waals surface area (Å²) in [5.74, 6) is -2.60. The highest BCUT2D eigenvalue weighted by atomic mass is 16.2. The van der Waals surface area contributed by atoms with E-state index >= 15 is 0 Å². The van der Waals surface area contributed by atoms with Gasteiger partial charge in [-0.1, -0.05) is 74.0 Å². The number of amides is 4. The van der Waals surface area contributed by atoms with Gasteiger partial charge in [0.2, 0.25) is 23.5 Å². The van der Waals surface area contributed by atoms with Crippen LogP contribution >= 0.6 is 0 Å². The molecule has 0 radical (unpaired) electrons. The van der Waals surface area contributed by atoms with E-state index in [4.69, 9.17) is 0 Å². The van der Waals surface area contributed by atoms with E-state index < -0.39 is 35.7 Å². The van der Waals surface area contributed by atoms with Crippen LogP contribution in [0.3, 0.4) is 0 Å². The molecule has 4 amide bonds. The monoisotopic (exact) mass is 586 g/mol. The first-order chi connectivity index (χ1) is 20.8. The van der Waals surface area contributed by atoms with E-state index in [1.807, 2.05) is 49.4 Å². The minimum absolute atomic E-state index is 0.141. The van der Waals surface area contributed by atoms with Crippen LogP contribution < -0.4 is 16.0 Å². The van der Waals surface area contributed by atoms with E-state index in [1.54, 1.807) is 4.90 Å². The molecule has 2 aromatic rings. The Morgan fingerprint density at radius 2 is 1.65 bits per heavy atom. The topological polar surface area (TPSA) is 125 Å². The zero-order chi connectivity index (χ0) is 30.8. The Morgan fingerprint density at radius 1 is 0.977 bits per heavy atom. The van der Waals surface area contributed by atoms with E-state index in [0.717, 1.165) is 16.7 Å². The van der Waals surface area contributed by atoms with Gasteiger partial charge >= 0.3 is 0 Å². The van der Waals surface area contributed by atoms with Gasteiger partial charge in [0.15, 0.2) is 0 Å². The van der Waals surface area contributed by atoms with Crippen LogP contribution in [0.1, 0.15) is 55.7 Å². The van der Waals surface area contributed by atoms with Crippen molar-refractivity contribution in [1.29, 1.82) is 0 Å². The molecule has 9 heteroatoms. The summed E-state index contributed by atoms with van der Waals surface area (Å²) in [5.41, 5.74) is 3.37. The second-order valence-corrected chi connectivity index (χ2v) is 11.4. The van der Waals surface area contributed by atoms with Gasteiger partial charge in [-0.15, -0.1) is 6.58 Å². The molecule has 1 fully saturated rings. The van der Waals surface area contributed by atoms with Crippen molar-refractivity contribution in [3.63, 3.8) is 0 Å². The van der Waals surface area contributed by atoms with Gasteiger partial charge in [0.25, 0.3) is 5.91 Å². The summed E-state index contributed by atoms with van der Waals surface area (Å²) in [5, 5.41) is 8.26. The molecule has 1 saturated heterocycles. The molecular formula is C34H42N4O5. The van der Waals surface area contributed by atoms with E-state index in [2.05, 4.69) is 34.7 Å². The molecule has 2 aromatic carbocycles. The number of benzene rings is 2. The van der Waals surface area contributed by atoms with Crippen molar-refractivity contribution in [3.05, 3.63) is 83.9 Å². The fraction of sp³-hybridized carbons (Fsp3) is 0.441. The van der Waals surface area contributed by atoms with Crippen LogP contribution in [0.25, 0.3) is 0 Å². The van der Waals surface area contributed by atoms with Gasteiger partial charge in [-0.2, -0.15) is 0 Å². The highest BCUT2D eigenvalue weighted by molar-refractivity contribution is 6.38. The largest absolute Gasteiger partial charge is 0.346 e. The van der Waals surface area contributed by atoms with Crippen LogP contribution in [0.2, 0.25) is 0 Å². The summed E-state index contributed by atoms with van der Waals surface area (Å²) in [6.07, 6.45) is 5.52. The summed E-state index contributed by atoms with van der Waals surface area (Å²) in [4.78, 5) is 67.5. The molecule has 4 rings (SSSR count). The number of carbonyl (C=O) groups excluding carboxylic acids is 5. The number of hydrogen-bond donors (Lipinski definition) is 3. The standard InChI is InChI=1S/C34H42N4O5/c1-3-11-27(31(40)33(42)35-19-4-2)36-32(41)28-16-10-20-38(28)34(43)30(26-21-24-14-8-9-15-25(24)22-26)37-29(39)18-17-23-12-6-5-7-13-23/h4-9,12-15,26-28,30H,2-3,10-11,16-22H2,1H3,(H,35,42)(H,36,41)(H,37,39)/t27?,28-,30-/m0/s1. The van der Waals surface area contributed by atoms with Crippen molar-refractivity contribution in [1.82, 2.24) is 20.9 Å². The molecule has 0 spiro atoms. The maximum atomic E-state index is 14.2. The van der Waals surface area contributed by atoms with Crippen molar-refractivity contribution >= 4 is 29.4 Å². The molecule has 1 unspecified atom stereocenters. The molecule has 1 aliphatic heterocycles. The predicted octanol–water partition coefficient (Wildman–Crippen LogP) is 2.67. The van der Waals surface area contributed by atoms with Gasteiger partial charge < -0.3 is 20.9 Å². The number of hydrogen-bond acceptors (Lipinski definition) is 5. The zero-order valence-corrected chi connectivity index (χ0v) is 24.8. The minimum atomic E-state index is -0.988. The molecule has 0 saturated carbocycles. The summed E-state index contributed by atoms with van der Waals surface area (Å²) in [7, 11) is 0. The first-order valence-electron chi connectivity index (χ1n) is 15.3. The third-order valence-electron chi connectivity index (χ3n) is 8.30. The number of aryl methyl sites for hydroxylation is 1. The molecule has 3 atom stereocenters. The van der Waals surface area contributed by atoms with E-state index in [-0.39, 0.29) is 30.7 Å². The average molecular weight is 587 g/mol. The molecule has 0 bridgehead atoms. The Labute approximate surface area is 253 Å². The number of likely N-dealkylation sites (tertiary alicyclic amines) is 1. The first kappa shape index (κ1) is 31.7. The molecular weight excluding hydrogens is 544 g/mol. The minimum Gasteiger partial charge on any atom is -0.346 e. The van der Waals surface area contributed by atoms with Gasteiger partial charge in [0.05, 0.1) is 6.04 Å². The Morgan fingerprint density at radius 3 is 2.30 bits per heavy atom.